The van der Waals surface area contributed by atoms with Crippen LogP contribution < -0.4 is 15.2 Å². The number of anilines is 1. The van der Waals surface area contributed by atoms with Gasteiger partial charge in [0.15, 0.2) is 12.4 Å². The van der Waals surface area contributed by atoms with Crippen LogP contribution in [0.2, 0.25) is 0 Å². The number of hydrogen-bond acceptors (Lipinski definition) is 6. The molecule has 0 saturated carbocycles. The van der Waals surface area contributed by atoms with Gasteiger partial charge in [0.05, 0.1) is 5.69 Å². The first-order valence-electron chi connectivity index (χ1n) is 9.67. The fourth-order valence-electron chi connectivity index (χ4n) is 2.79. The summed E-state index contributed by atoms with van der Waals surface area (Å²) in [7, 11) is 0. The Kier molecular flexibility index (Phi) is 7.43. The van der Waals surface area contributed by atoms with Gasteiger partial charge in [-0.2, -0.15) is 0 Å². The lowest BCUT2D eigenvalue weighted by Crippen LogP contribution is -2.14. The maximum atomic E-state index is 12.7. The molecule has 0 aromatic heterocycles. The summed E-state index contributed by atoms with van der Waals surface area (Å²) in [6.45, 7) is 3.71. The Balaban J connectivity index is 1.59. The first-order valence-corrected chi connectivity index (χ1v) is 9.67. The molecule has 3 aromatic carbocycles. The topological polar surface area (TPSA) is 87.9 Å². The maximum Gasteiger partial charge on any atom is 0.344 e. The Bertz CT molecular complexity index is 1050. The summed E-state index contributed by atoms with van der Waals surface area (Å²) >= 11 is 0. The molecule has 3 aromatic rings. The minimum atomic E-state index is -0.465. The van der Waals surface area contributed by atoms with Gasteiger partial charge in [-0.1, -0.05) is 61.2 Å². The van der Waals surface area contributed by atoms with Crippen LogP contribution in [-0.2, 0) is 16.1 Å². The Morgan fingerprint density at radius 3 is 2.35 bits per heavy atom. The Hall–Kier alpha value is -4.06. The van der Waals surface area contributed by atoms with Crippen molar-refractivity contribution >= 4 is 17.4 Å². The molecule has 0 heterocycles. The van der Waals surface area contributed by atoms with E-state index in [-0.39, 0.29) is 25.6 Å². The second-order valence-corrected chi connectivity index (χ2v) is 6.61. The Morgan fingerprint density at radius 1 is 0.903 bits per heavy atom. The number of carbonyl (C=O) groups is 2. The van der Waals surface area contributed by atoms with Gasteiger partial charge in [-0.05, 0) is 29.8 Å². The van der Waals surface area contributed by atoms with Crippen molar-refractivity contribution in [3.8, 4) is 11.5 Å². The fraction of sp³-hybridized carbons (Fsp3) is 0.120. The van der Waals surface area contributed by atoms with E-state index in [0.29, 0.717) is 28.3 Å². The zero-order valence-corrected chi connectivity index (χ0v) is 17.0. The van der Waals surface area contributed by atoms with Crippen LogP contribution in [0, 0.1) is 0 Å². The molecule has 6 nitrogen and oxygen atoms in total. The van der Waals surface area contributed by atoms with E-state index in [0.717, 1.165) is 5.56 Å². The summed E-state index contributed by atoms with van der Waals surface area (Å²) in [4.78, 5) is 24.2. The van der Waals surface area contributed by atoms with Crippen LogP contribution in [0.4, 0.5) is 5.69 Å². The molecule has 0 saturated heterocycles. The zero-order valence-electron chi connectivity index (χ0n) is 17.0. The highest BCUT2D eigenvalue weighted by molar-refractivity contribution is 6.12. The van der Waals surface area contributed by atoms with Crippen molar-refractivity contribution in [1.82, 2.24) is 0 Å². The quantitative estimate of drug-likeness (QED) is 0.230. The first kappa shape index (κ1) is 21.6. The largest absolute Gasteiger partial charge is 0.487 e. The lowest BCUT2D eigenvalue weighted by molar-refractivity contribution is -0.144. The van der Waals surface area contributed by atoms with E-state index in [1.54, 1.807) is 54.6 Å². The second kappa shape index (κ2) is 10.6. The molecular weight excluding hydrogens is 394 g/mol. The van der Waals surface area contributed by atoms with E-state index in [1.165, 1.54) is 6.08 Å². The number of nitrogen functional groups attached to an aromatic ring is 1. The van der Waals surface area contributed by atoms with E-state index in [9.17, 15) is 9.59 Å². The van der Waals surface area contributed by atoms with Gasteiger partial charge in [-0.25, -0.2) is 4.79 Å². The molecule has 6 heteroatoms. The van der Waals surface area contributed by atoms with Crippen LogP contribution >= 0.6 is 0 Å². The molecule has 0 radical (unpaired) electrons. The third-order valence-electron chi connectivity index (χ3n) is 4.38. The predicted molar refractivity (Wildman–Crippen MR) is 118 cm³/mol. The molecular formula is C25H23NO5. The van der Waals surface area contributed by atoms with Crippen molar-refractivity contribution in [1.29, 1.82) is 0 Å². The molecule has 31 heavy (non-hydrogen) atoms. The normalized spacial score (nSPS) is 10.2. The van der Waals surface area contributed by atoms with E-state index in [2.05, 4.69) is 6.58 Å². The van der Waals surface area contributed by atoms with Crippen LogP contribution in [0.1, 0.15) is 21.5 Å². The van der Waals surface area contributed by atoms with Crippen molar-refractivity contribution in [2.75, 3.05) is 18.9 Å². The third kappa shape index (κ3) is 5.96. The van der Waals surface area contributed by atoms with Crippen molar-refractivity contribution in [2.45, 2.75) is 6.61 Å². The van der Waals surface area contributed by atoms with Crippen molar-refractivity contribution in [3.63, 3.8) is 0 Å². The summed E-state index contributed by atoms with van der Waals surface area (Å²) in [5.74, 6) is 0.353. The lowest BCUT2D eigenvalue weighted by Gasteiger charge is -2.12. The van der Waals surface area contributed by atoms with Crippen molar-refractivity contribution < 1.29 is 23.8 Å². The van der Waals surface area contributed by atoms with Gasteiger partial charge in [0, 0.05) is 11.1 Å². The van der Waals surface area contributed by atoms with Gasteiger partial charge in [-0.15, -0.1) is 0 Å². The fourth-order valence-corrected chi connectivity index (χ4v) is 2.79. The predicted octanol–water partition coefficient (Wildman–Crippen LogP) is 4.19. The molecule has 0 aliphatic carbocycles. The van der Waals surface area contributed by atoms with Gasteiger partial charge in [-0.3, -0.25) is 4.79 Å². The van der Waals surface area contributed by atoms with Crippen LogP contribution in [0.3, 0.4) is 0 Å². The second-order valence-electron chi connectivity index (χ2n) is 6.61. The smallest absolute Gasteiger partial charge is 0.344 e. The number of nitrogens with two attached hydrogens (primary N) is 1. The van der Waals surface area contributed by atoms with Crippen LogP contribution in [0.15, 0.2) is 85.5 Å². The molecule has 0 aliphatic heterocycles. The average molecular weight is 417 g/mol. The minimum absolute atomic E-state index is 0.153. The molecule has 0 atom stereocenters. The molecule has 3 rings (SSSR count). The monoisotopic (exact) mass is 417 g/mol. The number of ether oxygens (including phenoxy) is 3. The number of carbonyl (C=O) groups excluding carboxylic acids is 2. The number of ketones is 1. The SMILES string of the molecule is C=CCOC(=O)COc1ccc(COc2cccc(C(=O)c3ccccc3)c2N)cc1. The Labute approximate surface area is 180 Å². The molecule has 0 aliphatic rings. The zero-order chi connectivity index (χ0) is 22.1. The minimum Gasteiger partial charge on any atom is -0.487 e. The van der Waals surface area contributed by atoms with E-state index < -0.39 is 5.97 Å². The summed E-state index contributed by atoms with van der Waals surface area (Å²) in [6, 6.07) is 21.2. The Morgan fingerprint density at radius 2 is 1.65 bits per heavy atom. The number of esters is 1. The van der Waals surface area contributed by atoms with Crippen LogP contribution in [0.5, 0.6) is 11.5 Å². The number of rotatable bonds is 10. The van der Waals surface area contributed by atoms with E-state index >= 15 is 0 Å². The van der Waals surface area contributed by atoms with Crippen molar-refractivity contribution in [3.05, 3.63) is 102 Å². The van der Waals surface area contributed by atoms with Crippen molar-refractivity contribution in [2.24, 2.45) is 0 Å². The van der Waals surface area contributed by atoms with Gasteiger partial charge >= 0.3 is 5.97 Å². The van der Waals surface area contributed by atoms with Gasteiger partial charge < -0.3 is 19.9 Å². The molecule has 0 amide bonds. The summed E-state index contributed by atoms with van der Waals surface area (Å²) in [6.07, 6.45) is 1.49. The first-order chi connectivity index (χ1) is 15.1. The number of benzene rings is 3. The standard InChI is InChI=1S/C25H23NO5/c1-2-15-29-23(27)17-30-20-13-11-18(12-14-20)16-31-22-10-6-9-21(24(22)26)25(28)19-7-4-3-5-8-19/h2-14H,1,15-17,26H2. The highest BCUT2D eigenvalue weighted by atomic mass is 16.6. The lowest BCUT2D eigenvalue weighted by atomic mass is 10.0. The molecule has 0 spiro atoms. The summed E-state index contributed by atoms with van der Waals surface area (Å²) in [5, 5.41) is 0. The maximum absolute atomic E-state index is 12.7. The molecule has 2 N–H and O–H groups in total. The molecule has 0 bridgehead atoms. The summed E-state index contributed by atoms with van der Waals surface area (Å²) < 4.78 is 16.1. The highest BCUT2D eigenvalue weighted by Gasteiger charge is 2.15. The van der Waals surface area contributed by atoms with E-state index in [4.69, 9.17) is 19.9 Å². The molecule has 0 unspecified atom stereocenters. The number of hydrogen-bond donors (Lipinski definition) is 1. The number of para-hydroxylation sites is 1. The highest BCUT2D eigenvalue weighted by Crippen LogP contribution is 2.28. The van der Waals surface area contributed by atoms with Gasteiger partial charge in [0.1, 0.15) is 24.7 Å². The average Bonchev–Trinajstić information content (AvgIpc) is 2.81. The molecule has 0 fully saturated rings. The summed E-state index contributed by atoms with van der Waals surface area (Å²) in [5.41, 5.74) is 8.34. The van der Waals surface area contributed by atoms with Gasteiger partial charge in [0.25, 0.3) is 0 Å². The van der Waals surface area contributed by atoms with Crippen LogP contribution in [-0.4, -0.2) is 25.0 Å². The van der Waals surface area contributed by atoms with Gasteiger partial charge in [0.2, 0.25) is 0 Å². The molecule has 158 valence electrons. The van der Waals surface area contributed by atoms with E-state index in [1.807, 2.05) is 18.2 Å². The third-order valence-corrected chi connectivity index (χ3v) is 4.38. The van der Waals surface area contributed by atoms with Crippen LogP contribution in [0.25, 0.3) is 0 Å².